The molecule has 22 heavy (non-hydrogen) atoms. The van der Waals surface area contributed by atoms with E-state index >= 15 is 0 Å². The summed E-state index contributed by atoms with van der Waals surface area (Å²) in [5, 5.41) is 4.05. The van der Waals surface area contributed by atoms with Gasteiger partial charge in [0, 0.05) is 0 Å². The van der Waals surface area contributed by atoms with E-state index in [1.165, 1.54) is 12.1 Å². The van der Waals surface area contributed by atoms with Crippen molar-refractivity contribution in [2.24, 2.45) is 5.10 Å². The molecule has 0 spiro atoms. The van der Waals surface area contributed by atoms with Crippen LogP contribution in [-0.4, -0.2) is 21.2 Å². The summed E-state index contributed by atoms with van der Waals surface area (Å²) in [6.07, 6.45) is 0.601. The van der Waals surface area contributed by atoms with Gasteiger partial charge in [0.25, 0.3) is 10.0 Å². The van der Waals surface area contributed by atoms with Crippen LogP contribution >= 0.6 is 0 Å². The van der Waals surface area contributed by atoms with Crippen molar-refractivity contribution in [2.75, 3.05) is 7.11 Å². The number of nitrogens with one attached hydrogen (secondary N) is 1. The smallest absolute Gasteiger partial charge is 0.276 e. The second-order valence-corrected chi connectivity index (χ2v) is 6.21. The highest BCUT2D eigenvalue weighted by molar-refractivity contribution is 7.89. The van der Waals surface area contributed by atoms with Crippen molar-refractivity contribution in [3.8, 4) is 5.75 Å². The Kier molecular flexibility index (Phi) is 5.16. The molecule has 0 bridgehead atoms. The molecule has 0 atom stereocenters. The molecule has 5 nitrogen and oxygen atoms in total. The predicted octanol–water partition coefficient (Wildman–Crippen LogP) is 2.79. The van der Waals surface area contributed by atoms with E-state index < -0.39 is 10.0 Å². The fourth-order valence-electron chi connectivity index (χ4n) is 1.90. The molecule has 0 radical (unpaired) electrons. The Hall–Kier alpha value is -2.34. The van der Waals surface area contributed by atoms with Crippen LogP contribution in [-0.2, 0) is 10.0 Å². The van der Waals surface area contributed by atoms with Crippen molar-refractivity contribution in [3.63, 3.8) is 0 Å². The monoisotopic (exact) mass is 318 g/mol. The molecular formula is C16H18N2O3S. The number of nitrogens with zero attached hydrogens (tertiary/aromatic N) is 1. The standard InChI is InChI=1S/C16H18N2O3S/c1-3-16(13-9-11-14(21-2)12-10-13)17-18-22(19,20)15-7-5-4-6-8-15/h4-12,18H,3H2,1-2H3. The maximum atomic E-state index is 12.1. The summed E-state index contributed by atoms with van der Waals surface area (Å²) in [5.74, 6) is 0.740. The zero-order chi connectivity index (χ0) is 16.0. The van der Waals surface area contributed by atoms with Gasteiger partial charge in [0.2, 0.25) is 0 Å². The number of hydrogen-bond acceptors (Lipinski definition) is 4. The summed E-state index contributed by atoms with van der Waals surface area (Å²) < 4.78 is 29.4. The van der Waals surface area contributed by atoms with E-state index in [4.69, 9.17) is 4.74 Å². The number of hydrazone groups is 1. The van der Waals surface area contributed by atoms with Gasteiger partial charge in [0.1, 0.15) is 5.75 Å². The number of hydrogen-bond donors (Lipinski definition) is 1. The quantitative estimate of drug-likeness (QED) is 0.658. The fourth-order valence-corrected chi connectivity index (χ4v) is 2.75. The van der Waals surface area contributed by atoms with Crippen molar-refractivity contribution in [1.29, 1.82) is 0 Å². The second-order valence-electron chi connectivity index (χ2n) is 4.55. The third kappa shape index (κ3) is 3.85. The van der Waals surface area contributed by atoms with Crippen LogP contribution in [0.4, 0.5) is 0 Å². The van der Waals surface area contributed by atoms with Gasteiger partial charge in [-0.25, -0.2) is 0 Å². The summed E-state index contributed by atoms with van der Waals surface area (Å²) >= 11 is 0. The highest BCUT2D eigenvalue weighted by Gasteiger charge is 2.12. The molecule has 2 aromatic carbocycles. The van der Waals surface area contributed by atoms with E-state index in [0.29, 0.717) is 12.1 Å². The average molecular weight is 318 g/mol. The van der Waals surface area contributed by atoms with Gasteiger partial charge in [0.05, 0.1) is 17.7 Å². The van der Waals surface area contributed by atoms with E-state index in [1.54, 1.807) is 25.3 Å². The predicted molar refractivity (Wildman–Crippen MR) is 86.6 cm³/mol. The van der Waals surface area contributed by atoms with Crippen molar-refractivity contribution >= 4 is 15.7 Å². The fraction of sp³-hybridized carbons (Fsp3) is 0.188. The second kappa shape index (κ2) is 7.09. The summed E-state index contributed by atoms with van der Waals surface area (Å²) in [6.45, 7) is 1.92. The first-order valence-electron chi connectivity index (χ1n) is 6.84. The molecular weight excluding hydrogens is 300 g/mol. The van der Waals surface area contributed by atoms with Gasteiger partial charge in [-0.3, -0.25) is 0 Å². The lowest BCUT2D eigenvalue weighted by atomic mass is 10.1. The summed E-state index contributed by atoms with van der Waals surface area (Å²) in [4.78, 5) is 2.47. The van der Waals surface area contributed by atoms with Crippen LogP contribution in [0.15, 0.2) is 64.6 Å². The molecule has 1 N–H and O–H groups in total. The van der Waals surface area contributed by atoms with Gasteiger partial charge < -0.3 is 4.74 Å². The molecule has 6 heteroatoms. The van der Waals surface area contributed by atoms with Gasteiger partial charge >= 0.3 is 0 Å². The average Bonchev–Trinajstić information content (AvgIpc) is 2.57. The third-order valence-corrected chi connectivity index (χ3v) is 4.34. The van der Waals surface area contributed by atoms with Gasteiger partial charge in [-0.05, 0) is 48.4 Å². The van der Waals surface area contributed by atoms with E-state index in [2.05, 4.69) is 9.93 Å². The highest BCUT2D eigenvalue weighted by atomic mass is 32.2. The first-order chi connectivity index (χ1) is 10.6. The van der Waals surface area contributed by atoms with Crippen LogP contribution in [0.2, 0.25) is 0 Å². The third-order valence-electron chi connectivity index (χ3n) is 3.11. The zero-order valence-electron chi connectivity index (χ0n) is 12.5. The Morgan fingerprint density at radius 1 is 1.09 bits per heavy atom. The summed E-state index contributed by atoms with van der Waals surface area (Å²) in [7, 11) is -2.05. The Bertz CT molecular complexity index is 739. The molecule has 2 aromatic rings. The Morgan fingerprint density at radius 3 is 2.27 bits per heavy atom. The molecule has 0 fully saturated rings. The molecule has 0 aromatic heterocycles. The first kappa shape index (κ1) is 16.0. The number of methoxy groups -OCH3 is 1. The number of sulfonamides is 1. The van der Waals surface area contributed by atoms with Crippen LogP contribution in [0.25, 0.3) is 0 Å². The molecule has 0 aliphatic rings. The van der Waals surface area contributed by atoms with E-state index in [0.717, 1.165) is 11.3 Å². The minimum Gasteiger partial charge on any atom is -0.497 e. The summed E-state index contributed by atoms with van der Waals surface area (Å²) in [5.41, 5.74) is 1.50. The minimum absolute atomic E-state index is 0.184. The van der Waals surface area contributed by atoms with Gasteiger partial charge in [-0.1, -0.05) is 25.1 Å². The number of rotatable bonds is 6. The molecule has 0 aliphatic heterocycles. The number of benzene rings is 2. The topological polar surface area (TPSA) is 67.8 Å². The van der Waals surface area contributed by atoms with Gasteiger partial charge in [-0.15, -0.1) is 0 Å². The van der Waals surface area contributed by atoms with Crippen molar-refractivity contribution in [2.45, 2.75) is 18.2 Å². The SMILES string of the molecule is CCC(=NNS(=O)(=O)c1ccccc1)c1ccc(OC)cc1. The largest absolute Gasteiger partial charge is 0.497 e. The first-order valence-corrected chi connectivity index (χ1v) is 8.33. The van der Waals surface area contributed by atoms with Crippen LogP contribution in [0.5, 0.6) is 5.75 Å². The van der Waals surface area contributed by atoms with Crippen molar-refractivity contribution < 1.29 is 13.2 Å². The lowest BCUT2D eigenvalue weighted by molar-refractivity contribution is 0.415. The van der Waals surface area contributed by atoms with Crippen LogP contribution in [0, 0.1) is 0 Å². The Morgan fingerprint density at radius 2 is 1.73 bits per heavy atom. The van der Waals surface area contributed by atoms with Crippen molar-refractivity contribution in [3.05, 3.63) is 60.2 Å². The van der Waals surface area contributed by atoms with Crippen LogP contribution in [0.3, 0.4) is 0 Å². The Balaban J connectivity index is 2.22. The van der Waals surface area contributed by atoms with Gasteiger partial charge in [-0.2, -0.15) is 18.4 Å². The molecule has 0 heterocycles. The Labute approximate surface area is 130 Å². The van der Waals surface area contributed by atoms with E-state index in [-0.39, 0.29) is 4.90 Å². The number of ether oxygens (including phenoxy) is 1. The van der Waals surface area contributed by atoms with E-state index in [9.17, 15) is 8.42 Å². The summed E-state index contributed by atoms with van der Waals surface area (Å²) in [6, 6.07) is 15.5. The maximum Gasteiger partial charge on any atom is 0.276 e. The molecule has 0 unspecified atom stereocenters. The molecule has 2 rings (SSSR count). The lowest BCUT2D eigenvalue weighted by Gasteiger charge is -2.08. The molecule has 0 amide bonds. The molecule has 0 saturated heterocycles. The molecule has 116 valence electrons. The van der Waals surface area contributed by atoms with Crippen LogP contribution < -0.4 is 9.57 Å². The van der Waals surface area contributed by atoms with E-state index in [1.807, 2.05) is 31.2 Å². The molecule has 0 aliphatic carbocycles. The highest BCUT2D eigenvalue weighted by Crippen LogP contribution is 2.13. The van der Waals surface area contributed by atoms with Crippen LogP contribution in [0.1, 0.15) is 18.9 Å². The van der Waals surface area contributed by atoms with Gasteiger partial charge in [0.15, 0.2) is 0 Å². The minimum atomic E-state index is -3.65. The van der Waals surface area contributed by atoms with Crippen molar-refractivity contribution in [1.82, 2.24) is 4.83 Å². The normalized spacial score (nSPS) is 12.0. The lowest BCUT2D eigenvalue weighted by Crippen LogP contribution is -2.20. The zero-order valence-corrected chi connectivity index (χ0v) is 13.3. The molecule has 0 saturated carbocycles. The maximum absolute atomic E-state index is 12.1.